The van der Waals surface area contributed by atoms with Crippen LogP contribution in [0.3, 0.4) is 0 Å². The van der Waals surface area contributed by atoms with Crippen LogP contribution in [0.2, 0.25) is 5.02 Å². The van der Waals surface area contributed by atoms with Crippen LogP contribution in [-0.4, -0.2) is 11.5 Å². The first-order valence-corrected chi connectivity index (χ1v) is 4.96. The molecule has 0 unspecified atom stereocenters. The lowest BCUT2D eigenvalue weighted by atomic mass is 10.2. The second-order valence-electron chi connectivity index (χ2n) is 2.93. The molecular formula is C10H7ClN4O2. The number of rotatable bonds is 3. The zero-order chi connectivity index (χ0) is 12.7. The molecule has 0 saturated heterocycles. The summed E-state index contributed by atoms with van der Waals surface area (Å²) in [5, 5.41) is 14.0. The van der Waals surface area contributed by atoms with Gasteiger partial charge in [-0.15, -0.1) is 0 Å². The van der Waals surface area contributed by atoms with Gasteiger partial charge in [0, 0.05) is 29.5 Å². The van der Waals surface area contributed by atoms with E-state index in [0.717, 1.165) is 0 Å². The first-order chi connectivity index (χ1) is 8.15. The van der Waals surface area contributed by atoms with Gasteiger partial charge in [0.15, 0.2) is 0 Å². The van der Waals surface area contributed by atoms with Crippen LogP contribution >= 0.6 is 11.6 Å². The van der Waals surface area contributed by atoms with Crippen LogP contribution in [0.15, 0.2) is 23.3 Å². The van der Waals surface area contributed by atoms with E-state index in [1.165, 1.54) is 12.1 Å². The van der Waals surface area contributed by atoms with Crippen LogP contribution in [0, 0.1) is 22.0 Å². The van der Waals surface area contributed by atoms with Crippen LogP contribution in [0.25, 0.3) is 10.4 Å². The molecule has 0 aliphatic rings. The molecule has 0 bridgehead atoms. The van der Waals surface area contributed by atoms with Crippen LogP contribution in [0.4, 0.5) is 5.69 Å². The molecule has 0 radical (unpaired) electrons. The Balaban J connectivity index is 2.82. The van der Waals surface area contributed by atoms with Crippen molar-refractivity contribution in [2.24, 2.45) is 5.11 Å². The quantitative estimate of drug-likeness (QED) is 0.157. The topological polar surface area (TPSA) is 91.9 Å². The van der Waals surface area contributed by atoms with E-state index in [4.69, 9.17) is 17.1 Å². The van der Waals surface area contributed by atoms with Gasteiger partial charge in [0.05, 0.1) is 4.92 Å². The van der Waals surface area contributed by atoms with Gasteiger partial charge in [-0.2, -0.15) is 0 Å². The van der Waals surface area contributed by atoms with Crippen LogP contribution < -0.4 is 0 Å². The van der Waals surface area contributed by atoms with Crippen molar-refractivity contribution >= 4 is 17.3 Å². The second-order valence-corrected chi connectivity index (χ2v) is 3.34. The fraction of sp³-hybridized carbons (Fsp3) is 0.200. The van der Waals surface area contributed by atoms with Gasteiger partial charge >= 0.3 is 0 Å². The van der Waals surface area contributed by atoms with Crippen molar-refractivity contribution in [2.75, 3.05) is 6.54 Å². The maximum Gasteiger partial charge on any atom is 0.289 e. The summed E-state index contributed by atoms with van der Waals surface area (Å²) in [6, 6.07) is 4.33. The molecule has 0 fully saturated rings. The Morgan fingerprint density at radius 2 is 2.35 bits per heavy atom. The van der Waals surface area contributed by atoms with Crippen molar-refractivity contribution in [3.8, 4) is 11.8 Å². The number of nitro groups is 1. The van der Waals surface area contributed by atoms with Gasteiger partial charge in [0.1, 0.15) is 5.02 Å². The molecule has 7 heteroatoms. The number of hydrogen-bond donors (Lipinski definition) is 0. The molecule has 0 aliphatic heterocycles. The number of benzene rings is 1. The van der Waals surface area contributed by atoms with E-state index < -0.39 is 4.92 Å². The molecule has 17 heavy (non-hydrogen) atoms. The monoisotopic (exact) mass is 250 g/mol. The highest BCUT2D eigenvalue weighted by molar-refractivity contribution is 6.32. The molecule has 0 N–H and O–H groups in total. The van der Waals surface area contributed by atoms with Gasteiger partial charge < -0.3 is 0 Å². The number of halogens is 1. The molecule has 0 spiro atoms. The lowest BCUT2D eigenvalue weighted by Crippen LogP contribution is -1.89. The average Bonchev–Trinajstić information content (AvgIpc) is 2.30. The Labute approximate surface area is 102 Å². The van der Waals surface area contributed by atoms with E-state index in [0.29, 0.717) is 12.0 Å². The zero-order valence-electron chi connectivity index (χ0n) is 8.63. The summed E-state index contributed by atoms with van der Waals surface area (Å²) in [6.45, 7) is 0.277. The predicted molar refractivity (Wildman–Crippen MR) is 63.6 cm³/mol. The van der Waals surface area contributed by atoms with Gasteiger partial charge in [-0.05, 0) is 17.7 Å². The van der Waals surface area contributed by atoms with E-state index in [-0.39, 0.29) is 17.3 Å². The molecule has 86 valence electrons. The smallest absolute Gasteiger partial charge is 0.258 e. The minimum absolute atomic E-state index is 0.0784. The molecule has 1 rings (SSSR count). The first kappa shape index (κ1) is 12.8. The minimum atomic E-state index is -0.562. The number of nitrogens with zero attached hydrogens (tertiary/aromatic N) is 4. The molecule has 0 saturated carbocycles. The lowest BCUT2D eigenvalue weighted by molar-refractivity contribution is -0.384. The standard InChI is InChI=1S/C10H7ClN4O2/c11-9-5-4-8(7-10(9)15(16)17)3-1-2-6-13-14-12/h4-5,7H,2,6H2. The van der Waals surface area contributed by atoms with Gasteiger partial charge in [0.25, 0.3) is 5.69 Å². The predicted octanol–water partition coefficient (Wildman–Crippen LogP) is 3.30. The summed E-state index contributed by atoms with van der Waals surface area (Å²) in [4.78, 5) is 12.6. The second kappa shape index (κ2) is 6.38. The normalized spacial score (nSPS) is 8.76. The highest BCUT2D eigenvalue weighted by atomic mass is 35.5. The van der Waals surface area contributed by atoms with Gasteiger partial charge in [-0.1, -0.05) is 28.6 Å². The molecule has 1 aromatic carbocycles. The Kier molecular flexibility index (Phi) is 4.82. The molecule has 0 heterocycles. The van der Waals surface area contributed by atoms with Crippen molar-refractivity contribution in [1.29, 1.82) is 0 Å². The fourth-order valence-electron chi connectivity index (χ4n) is 1.05. The largest absolute Gasteiger partial charge is 0.289 e. The van der Waals surface area contributed by atoms with Crippen molar-refractivity contribution in [1.82, 2.24) is 0 Å². The summed E-state index contributed by atoms with van der Waals surface area (Å²) in [5.41, 5.74) is 8.36. The molecule has 6 nitrogen and oxygen atoms in total. The fourth-order valence-corrected chi connectivity index (χ4v) is 1.23. The van der Waals surface area contributed by atoms with Gasteiger partial charge in [-0.25, -0.2) is 0 Å². The lowest BCUT2D eigenvalue weighted by Gasteiger charge is -1.95. The number of hydrogen-bond acceptors (Lipinski definition) is 3. The van der Waals surface area contributed by atoms with E-state index in [1.807, 2.05) is 0 Å². The maximum absolute atomic E-state index is 10.6. The molecule has 0 atom stereocenters. The Bertz CT molecular complexity index is 541. The van der Waals surface area contributed by atoms with E-state index >= 15 is 0 Å². The molecular weight excluding hydrogens is 244 g/mol. The summed E-state index contributed by atoms with van der Waals surface area (Å²) in [6.07, 6.45) is 0.403. The summed E-state index contributed by atoms with van der Waals surface area (Å²) >= 11 is 5.65. The first-order valence-electron chi connectivity index (χ1n) is 4.59. The maximum atomic E-state index is 10.6. The summed E-state index contributed by atoms with van der Waals surface area (Å²) < 4.78 is 0. The van der Waals surface area contributed by atoms with E-state index in [2.05, 4.69) is 21.9 Å². The van der Waals surface area contributed by atoms with Crippen LogP contribution in [0.1, 0.15) is 12.0 Å². The number of azide groups is 1. The Morgan fingerprint density at radius 3 is 3.00 bits per heavy atom. The van der Waals surface area contributed by atoms with Crippen LogP contribution in [-0.2, 0) is 0 Å². The molecule has 1 aromatic rings. The third kappa shape index (κ3) is 4.03. The molecule has 0 aliphatic carbocycles. The molecule has 0 aromatic heterocycles. The summed E-state index contributed by atoms with van der Waals surface area (Å²) in [7, 11) is 0. The Hall–Kier alpha value is -2.22. The van der Waals surface area contributed by atoms with Gasteiger partial charge in [-0.3, -0.25) is 10.1 Å². The van der Waals surface area contributed by atoms with Crippen molar-refractivity contribution in [3.05, 3.63) is 49.3 Å². The van der Waals surface area contributed by atoms with E-state index in [9.17, 15) is 10.1 Å². The third-order valence-corrected chi connectivity index (χ3v) is 2.10. The van der Waals surface area contributed by atoms with E-state index in [1.54, 1.807) is 6.07 Å². The Morgan fingerprint density at radius 1 is 1.59 bits per heavy atom. The average molecular weight is 251 g/mol. The molecule has 0 amide bonds. The SMILES string of the molecule is [N-]=[N+]=NCCC#Cc1ccc(Cl)c([N+](=O)[O-])c1. The van der Waals surface area contributed by atoms with Gasteiger partial charge in [0.2, 0.25) is 0 Å². The highest BCUT2D eigenvalue weighted by Crippen LogP contribution is 2.24. The van der Waals surface area contributed by atoms with Crippen molar-refractivity contribution in [2.45, 2.75) is 6.42 Å². The highest BCUT2D eigenvalue weighted by Gasteiger charge is 2.11. The van der Waals surface area contributed by atoms with Crippen molar-refractivity contribution < 1.29 is 4.92 Å². The zero-order valence-corrected chi connectivity index (χ0v) is 9.39. The van der Waals surface area contributed by atoms with Crippen LogP contribution in [0.5, 0.6) is 0 Å². The minimum Gasteiger partial charge on any atom is -0.258 e. The number of nitro benzene ring substituents is 1. The summed E-state index contributed by atoms with van der Waals surface area (Å²) in [5.74, 6) is 5.47. The third-order valence-electron chi connectivity index (χ3n) is 1.78. The van der Waals surface area contributed by atoms with Crippen molar-refractivity contribution in [3.63, 3.8) is 0 Å².